The van der Waals surface area contributed by atoms with Crippen molar-refractivity contribution in [3.63, 3.8) is 0 Å². The lowest BCUT2D eigenvalue weighted by Gasteiger charge is -2.20. The Morgan fingerprint density at radius 1 is 0.967 bits per heavy atom. The normalized spacial score (nSPS) is 14.5. The summed E-state index contributed by atoms with van der Waals surface area (Å²) in [7, 11) is 0. The van der Waals surface area contributed by atoms with Crippen LogP contribution in [0.15, 0.2) is 51.7 Å². The minimum Gasteiger partial charge on any atom is -0.476 e. The maximum absolute atomic E-state index is 13.2. The zero-order valence-electron chi connectivity index (χ0n) is 17.6. The van der Waals surface area contributed by atoms with Crippen molar-refractivity contribution >= 4 is 16.9 Å². The lowest BCUT2D eigenvalue weighted by Crippen LogP contribution is -2.36. The molecule has 1 aliphatic rings. The third-order valence-corrected chi connectivity index (χ3v) is 5.62. The molecule has 2 aromatic carbocycles. The Kier molecular flexibility index (Phi) is 5.88. The summed E-state index contributed by atoms with van der Waals surface area (Å²) in [4.78, 5) is 27.8. The number of hydrogen-bond acceptors (Lipinski definition) is 4. The first-order chi connectivity index (χ1) is 14.5. The van der Waals surface area contributed by atoms with E-state index in [1.165, 1.54) is 0 Å². The van der Waals surface area contributed by atoms with Crippen LogP contribution >= 0.6 is 0 Å². The number of ether oxygens (including phenoxy) is 1. The smallest absolute Gasteiger partial charge is 0.260 e. The van der Waals surface area contributed by atoms with Crippen LogP contribution in [-0.2, 0) is 4.79 Å². The highest BCUT2D eigenvalue weighted by molar-refractivity contribution is 5.83. The fourth-order valence-corrected chi connectivity index (χ4v) is 3.85. The quantitative estimate of drug-likeness (QED) is 0.622. The van der Waals surface area contributed by atoms with E-state index in [-0.39, 0.29) is 23.7 Å². The summed E-state index contributed by atoms with van der Waals surface area (Å²) >= 11 is 0. The standard InChI is InChI=1S/C25H27NO4/c1-17-7-10-19(11-8-17)24-25(23(28)20-12-9-18(2)15-21(20)30-24)29-16-22(27)26-13-5-3-4-6-14-26/h7-12,15H,3-6,13-14,16H2,1-2H3. The van der Waals surface area contributed by atoms with Gasteiger partial charge < -0.3 is 14.1 Å². The number of fused-ring (bicyclic) bond motifs is 1. The summed E-state index contributed by atoms with van der Waals surface area (Å²) in [6.07, 6.45) is 4.32. The first kappa shape index (κ1) is 20.2. The van der Waals surface area contributed by atoms with Crippen LogP contribution in [0.4, 0.5) is 0 Å². The molecule has 30 heavy (non-hydrogen) atoms. The van der Waals surface area contributed by atoms with Crippen LogP contribution in [0.1, 0.15) is 36.8 Å². The number of hydrogen-bond donors (Lipinski definition) is 0. The van der Waals surface area contributed by atoms with Gasteiger partial charge in [0.15, 0.2) is 12.4 Å². The molecule has 5 nitrogen and oxygen atoms in total. The Labute approximate surface area is 176 Å². The van der Waals surface area contributed by atoms with Gasteiger partial charge in [0.05, 0.1) is 5.39 Å². The Balaban J connectivity index is 1.71. The summed E-state index contributed by atoms with van der Waals surface area (Å²) in [5, 5.41) is 0.452. The minimum atomic E-state index is -0.254. The molecule has 1 saturated heterocycles. The van der Waals surface area contributed by atoms with Gasteiger partial charge in [-0.25, -0.2) is 0 Å². The molecule has 0 spiro atoms. The number of carbonyl (C=O) groups is 1. The van der Waals surface area contributed by atoms with E-state index >= 15 is 0 Å². The van der Waals surface area contributed by atoms with Crippen molar-refractivity contribution in [2.45, 2.75) is 39.5 Å². The summed E-state index contributed by atoms with van der Waals surface area (Å²) in [5.74, 6) is 0.371. The zero-order valence-corrected chi connectivity index (χ0v) is 17.6. The molecule has 3 aromatic rings. The Hall–Kier alpha value is -3.08. The summed E-state index contributed by atoms with van der Waals surface area (Å²) in [6.45, 7) is 5.29. The minimum absolute atomic E-state index is 0.0878. The third-order valence-electron chi connectivity index (χ3n) is 5.62. The molecule has 0 N–H and O–H groups in total. The lowest BCUT2D eigenvalue weighted by molar-refractivity contribution is -0.133. The molecule has 1 aliphatic heterocycles. The van der Waals surface area contributed by atoms with E-state index in [1.807, 2.05) is 55.1 Å². The van der Waals surface area contributed by atoms with Crippen molar-refractivity contribution in [1.29, 1.82) is 0 Å². The van der Waals surface area contributed by atoms with Gasteiger partial charge in [0.2, 0.25) is 11.2 Å². The van der Waals surface area contributed by atoms with E-state index in [0.717, 1.165) is 55.5 Å². The van der Waals surface area contributed by atoms with Crippen LogP contribution in [0.3, 0.4) is 0 Å². The van der Waals surface area contributed by atoms with Gasteiger partial charge >= 0.3 is 0 Å². The number of benzene rings is 2. The average molecular weight is 405 g/mol. The molecule has 1 amide bonds. The molecule has 5 heteroatoms. The van der Waals surface area contributed by atoms with Crippen LogP contribution in [0.2, 0.25) is 0 Å². The SMILES string of the molecule is Cc1ccc(-c2oc3cc(C)ccc3c(=O)c2OCC(=O)N2CCCCCC2)cc1. The molecule has 0 aliphatic carbocycles. The Morgan fingerprint density at radius 2 is 1.63 bits per heavy atom. The summed E-state index contributed by atoms with van der Waals surface area (Å²) < 4.78 is 12.0. The number of nitrogens with zero attached hydrogens (tertiary/aromatic N) is 1. The van der Waals surface area contributed by atoms with Gasteiger partial charge in [-0.2, -0.15) is 0 Å². The third kappa shape index (κ3) is 4.25. The highest BCUT2D eigenvalue weighted by atomic mass is 16.5. The first-order valence-electron chi connectivity index (χ1n) is 10.6. The molecule has 1 aromatic heterocycles. The maximum Gasteiger partial charge on any atom is 0.260 e. The van der Waals surface area contributed by atoms with Crippen molar-refractivity contribution < 1.29 is 13.9 Å². The molecule has 156 valence electrons. The molecule has 1 fully saturated rings. The van der Waals surface area contributed by atoms with Crippen LogP contribution in [0.5, 0.6) is 5.75 Å². The van der Waals surface area contributed by atoms with E-state index < -0.39 is 0 Å². The second-order valence-corrected chi connectivity index (χ2v) is 8.04. The van der Waals surface area contributed by atoms with Crippen LogP contribution < -0.4 is 10.2 Å². The Morgan fingerprint density at radius 3 is 2.33 bits per heavy atom. The number of likely N-dealkylation sites (tertiary alicyclic amines) is 1. The molecule has 0 unspecified atom stereocenters. The second-order valence-electron chi connectivity index (χ2n) is 8.04. The van der Waals surface area contributed by atoms with Crippen molar-refractivity contribution in [1.82, 2.24) is 4.90 Å². The van der Waals surface area contributed by atoms with Gasteiger partial charge in [-0.1, -0.05) is 48.7 Å². The first-order valence-corrected chi connectivity index (χ1v) is 10.6. The highest BCUT2D eigenvalue weighted by Gasteiger charge is 2.21. The van der Waals surface area contributed by atoms with Gasteiger partial charge in [-0.3, -0.25) is 9.59 Å². The van der Waals surface area contributed by atoms with Crippen LogP contribution in [0, 0.1) is 13.8 Å². The molecule has 0 radical (unpaired) electrons. The fourth-order valence-electron chi connectivity index (χ4n) is 3.85. The largest absolute Gasteiger partial charge is 0.476 e. The van der Waals surface area contributed by atoms with E-state index in [4.69, 9.17) is 9.15 Å². The number of carbonyl (C=O) groups excluding carboxylic acids is 1. The molecule has 2 heterocycles. The average Bonchev–Trinajstić information content (AvgIpc) is 3.03. The highest BCUT2D eigenvalue weighted by Crippen LogP contribution is 2.31. The van der Waals surface area contributed by atoms with Crippen molar-refractivity contribution in [3.8, 4) is 17.1 Å². The van der Waals surface area contributed by atoms with Gasteiger partial charge in [0.25, 0.3) is 5.91 Å². The second kappa shape index (κ2) is 8.74. The monoisotopic (exact) mass is 405 g/mol. The van der Waals surface area contributed by atoms with E-state index in [2.05, 4.69) is 0 Å². The van der Waals surface area contributed by atoms with Crippen LogP contribution in [0.25, 0.3) is 22.3 Å². The lowest BCUT2D eigenvalue weighted by atomic mass is 10.1. The number of aryl methyl sites for hydroxylation is 2. The molecule has 4 rings (SSSR count). The molecule has 0 atom stereocenters. The van der Waals surface area contributed by atoms with Crippen LogP contribution in [-0.4, -0.2) is 30.5 Å². The Bertz CT molecular complexity index is 1110. The van der Waals surface area contributed by atoms with E-state index in [1.54, 1.807) is 6.07 Å². The predicted molar refractivity (Wildman–Crippen MR) is 118 cm³/mol. The summed E-state index contributed by atoms with van der Waals surface area (Å²) in [6, 6.07) is 13.2. The number of amides is 1. The molecular formula is C25H27NO4. The van der Waals surface area contributed by atoms with E-state index in [9.17, 15) is 9.59 Å². The molecular weight excluding hydrogens is 378 g/mol. The van der Waals surface area contributed by atoms with Crippen molar-refractivity contribution in [2.75, 3.05) is 19.7 Å². The van der Waals surface area contributed by atoms with Gasteiger partial charge in [-0.05, 0) is 44.4 Å². The molecule has 0 saturated carbocycles. The van der Waals surface area contributed by atoms with E-state index in [0.29, 0.717) is 16.7 Å². The fraction of sp³-hybridized carbons (Fsp3) is 0.360. The van der Waals surface area contributed by atoms with Gasteiger partial charge in [0.1, 0.15) is 5.58 Å². The zero-order chi connectivity index (χ0) is 21.1. The number of rotatable bonds is 4. The topological polar surface area (TPSA) is 59.8 Å². The maximum atomic E-state index is 13.2. The van der Waals surface area contributed by atoms with Gasteiger partial charge in [0, 0.05) is 18.7 Å². The summed E-state index contributed by atoms with van der Waals surface area (Å²) in [5.41, 5.74) is 3.12. The van der Waals surface area contributed by atoms with Crippen molar-refractivity contribution in [2.24, 2.45) is 0 Å². The molecule has 0 bridgehead atoms. The van der Waals surface area contributed by atoms with Crippen molar-refractivity contribution in [3.05, 3.63) is 63.8 Å². The predicted octanol–water partition coefficient (Wildman–Crippen LogP) is 4.86. The van der Waals surface area contributed by atoms with Gasteiger partial charge in [-0.15, -0.1) is 0 Å².